The van der Waals surface area contributed by atoms with Crippen molar-refractivity contribution in [1.29, 1.82) is 0 Å². The van der Waals surface area contributed by atoms with E-state index in [0.29, 0.717) is 30.2 Å². The van der Waals surface area contributed by atoms with E-state index in [1.54, 1.807) is 19.1 Å². The van der Waals surface area contributed by atoms with Crippen LogP contribution in [0, 0.1) is 6.92 Å². The average molecular weight is 384 g/mol. The Morgan fingerprint density at radius 1 is 1.15 bits per heavy atom. The van der Waals surface area contributed by atoms with Crippen LogP contribution in [0.3, 0.4) is 0 Å². The summed E-state index contributed by atoms with van der Waals surface area (Å²) in [6.07, 6.45) is 1.73. The van der Waals surface area contributed by atoms with Gasteiger partial charge in [0.2, 0.25) is 16.0 Å². The molecule has 0 radical (unpaired) electrons. The number of aromatic amines is 1. The number of anilines is 1. The monoisotopic (exact) mass is 384 g/mol. The summed E-state index contributed by atoms with van der Waals surface area (Å²) in [5.74, 6) is -0.0709. The summed E-state index contributed by atoms with van der Waals surface area (Å²) in [7, 11) is -3.57. The van der Waals surface area contributed by atoms with Crippen molar-refractivity contribution in [3.05, 3.63) is 53.6 Å². The smallest absolute Gasteiger partial charge is 0.258 e. The fourth-order valence-corrected chi connectivity index (χ4v) is 4.81. The van der Waals surface area contributed by atoms with Gasteiger partial charge in [-0.2, -0.15) is 4.31 Å². The number of sulfonamides is 1. The zero-order chi connectivity index (χ0) is 19.0. The molecule has 0 saturated carbocycles. The number of fused-ring (bicyclic) bond motifs is 1. The summed E-state index contributed by atoms with van der Waals surface area (Å²) in [6, 6.07) is 12.1. The van der Waals surface area contributed by atoms with Gasteiger partial charge in [0.25, 0.3) is 5.91 Å². The highest BCUT2D eigenvalue weighted by Gasteiger charge is 2.28. The molecule has 7 nitrogen and oxygen atoms in total. The summed E-state index contributed by atoms with van der Waals surface area (Å²) in [5, 5.41) is 2.72. The molecule has 2 heterocycles. The first kappa shape index (κ1) is 17.7. The minimum atomic E-state index is -3.57. The van der Waals surface area contributed by atoms with Crippen molar-refractivity contribution in [2.75, 3.05) is 18.4 Å². The second kappa shape index (κ2) is 6.79. The molecule has 0 aliphatic carbocycles. The maximum Gasteiger partial charge on any atom is 0.258 e. The molecule has 27 heavy (non-hydrogen) atoms. The van der Waals surface area contributed by atoms with Crippen LogP contribution in [0.1, 0.15) is 28.8 Å². The number of aromatic nitrogens is 2. The van der Waals surface area contributed by atoms with Crippen LogP contribution in [0.2, 0.25) is 0 Å². The first-order chi connectivity index (χ1) is 12.9. The number of carbonyl (C=O) groups excluding carboxylic acids is 1. The maximum absolute atomic E-state index is 12.8. The number of para-hydroxylation sites is 2. The van der Waals surface area contributed by atoms with E-state index in [2.05, 4.69) is 15.3 Å². The van der Waals surface area contributed by atoms with E-state index in [1.165, 1.54) is 10.4 Å². The normalized spacial score (nSPS) is 15.3. The Hall–Kier alpha value is -2.71. The second-order valence-corrected chi connectivity index (χ2v) is 8.58. The van der Waals surface area contributed by atoms with Gasteiger partial charge < -0.3 is 4.98 Å². The molecule has 0 spiro atoms. The number of benzene rings is 2. The van der Waals surface area contributed by atoms with Crippen molar-refractivity contribution in [2.45, 2.75) is 24.7 Å². The Kier molecular flexibility index (Phi) is 4.45. The molecule has 1 aliphatic heterocycles. The van der Waals surface area contributed by atoms with E-state index in [4.69, 9.17) is 0 Å². The fourth-order valence-electron chi connectivity index (χ4n) is 3.27. The molecule has 1 fully saturated rings. The van der Waals surface area contributed by atoms with Crippen molar-refractivity contribution in [1.82, 2.24) is 14.3 Å². The number of aryl methyl sites for hydroxylation is 1. The first-order valence-corrected chi connectivity index (χ1v) is 10.3. The van der Waals surface area contributed by atoms with Gasteiger partial charge in [0.05, 0.1) is 15.9 Å². The number of amides is 1. The largest absolute Gasteiger partial charge is 0.324 e. The molecule has 0 bridgehead atoms. The summed E-state index contributed by atoms with van der Waals surface area (Å²) in [6.45, 7) is 2.83. The Balaban J connectivity index is 1.63. The third kappa shape index (κ3) is 3.33. The molecular formula is C19H20N4O3S. The maximum atomic E-state index is 12.8. The molecule has 1 saturated heterocycles. The molecule has 140 valence electrons. The van der Waals surface area contributed by atoms with Gasteiger partial charge >= 0.3 is 0 Å². The summed E-state index contributed by atoms with van der Waals surface area (Å²) >= 11 is 0. The highest BCUT2D eigenvalue weighted by molar-refractivity contribution is 7.89. The van der Waals surface area contributed by atoms with Gasteiger partial charge in [-0.05, 0) is 49.6 Å². The number of hydrogen-bond donors (Lipinski definition) is 2. The van der Waals surface area contributed by atoms with Gasteiger partial charge in [0, 0.05) is 18.7 Å². The number of imidazole rings is 1. The number of nitrogens with one attached hydrogen (secondary N) is 2. The molecule has 2 aromatic carbocycles. The van der Waals surface area contributed by atoms with Crippen LogP contribution in [-0.4, -0.2) is 41.7 Å². The third-order valence-corrected chi connectivity index (χ3v) is 6.67. The molecule has 0 atom stereocenters. The average Bonchev–Trinajstić information content (AvgIpc) is 3.31. The van der Waals surface area contributed by atoms with Gasteiger partial charge in [0.15, 0.2) is 0 Å². The van der Waals surface area contributed by atoms with Crippen LogP contribution >= 0.6 is 0 Å². The fraction of sp³-hybridized carbons (Fsp3) is 0.263. The highest BCUT2D eigenvalue weighted by atomic mass is 32.2. The lowest BCUT2D eigenvalue weighted by Gasteiger charge is -2.16. The number of H-pyrrole nitrogens is 1. The number of hydrogen-bond acceptors (Lipinski definition) is 4. The van der Waals surface area contributed by atoms with Crippen LogP contribution in [-0.2, 0) is 10.0 Å². The van der Waals surface area contributed by atoms with Crippen LogP contribution in [0.5, 0.6) is 0 Å². The van der Waals surface area contributed by atoms with Crippen LogP contribution in [0.4, 0.5) is 5.95 Å². The predicted molar refractivity (Wildman–Crippen MR) is 103 cm³/mol. The van der Waals surface area contributed by atoms with E-state index < -0.39 is 15.9 Å². The minimum Gasteiger partial charge on any atom is -0.324 e. The van der Waals surface area contributed by atoms with Crippen molar-refractivity contribution in [3.8, 4) is 0 Å². The number of carbonyl (C=O) groups is 1. The second-order valence-electron chi connectivity index (χ2n) is 6.64. The summed E-state index contributed by atoms with van der Waals surface area (Å²) in [5.41, 5.74) is 2.57. The van der Waals surface area contributed by atoms with E-state index in [9.17, 15) is 13.2 Å². The van der Waals surface area contributed by atoms with Crippen molar-refractivity contribution < 1.29 is 13.2 Å². The Labute approximate surface area is 157 Å². The molecule has 1 amide bonds. The molecule has 1 aliphatic rings. The van der Waals surface area contributed by atoms with E-state index >= 15 is 0 Å². The van der Waals surface area contributed by atoms with E-state index in [-0.39, 0.29) is 4.90 Å². The van der Waals surface area contributed by atoms with Crippen molar-refractivity contribution in [2.24, 2.45) is 0 Å². The van der Waals surface area contributed by atoms with Crippen molar-refractivity contribution >= 4 is 32.9 Å². The van der Waals surface area contributed by atoms with Gasteiger partial charge in [-0.25, -0.2) is 13.4 Å². The van der Waals surface area contributed by atoms with E-state index in [1.807, 2.05) is 24.3 Å². The Bertz CT molecular complexity index is 1080. The Morgan fingerprint density at radius 2 is 1.89 bits per heavy atom. The van der Waals surface area contributed by atoms with Crippen LogP contribution in [0.15, 0.2) is 47.4 Å². The van der Waals surface area contributed by atoms with Gasteiger partial charge in [-0.15, -0.1) is 0 Å². The van der Waals surface area contributed by atoms with Gasteiger partial charge in [0.1, 0.15) is 0 Å². The Morgan fingerprint density at radius 3 is 2.63 bits per heavy atom. The lowest BCUT2D eigenvalue weighted by atomic mass is 10.1. The van der Waals surface area contributed by atoms with Crippen molar-refractivity contribution in [3.63, 3.8) is 0 Å². The zero-order valence-corrected chi connectivity index (χ0v) is 15.7. The molecule has 2 N–H and O–H groups in total. The van der Waals surface area contributed by atoms with E-state index in [0.717, 1.165) is 23.9 Å². The molecular weight excluding hydrogens is 364 g/mol. The van der Waals surface area contributed by atoms with Crippen LogP contribution in [0.25, 0.3) is 11.0 Å². The lowest BCUT2D eigenvalue weighted by molar-refractivity contribution is 0.102. The quantitative estimate of drug-likeness (QED) is 0.723. The minimum absolute atomic E-state index is 0.143. The summed E-state index contributed by atoms with van der Waals surface area (Å²) in [4.78, 5) is 20.2. The SMILES string of the molecule is Cc1ccc(S(=O)(=O)N2CCCC2)cc1C(=O)Nc1nc2ccccc2[nH]1. The molecule has 4 rings (SSSR count). The third-order valence-electron chi connectivity index (χ3n) is 4.78. The summed E-state index contributed by atoms with van der Waals surface area (Å²) < 4.78 is 27.0. The number of rotatable bonds is 4. The van der Waals surface area contributed by atoms with Crippen LogP contribution < -0.4 is 5.32 Å². The first-order valence-electron chi connectivity index (χ1n) is 8.82. The van der Waals surface area contributed by atoms with Gasteiger partial charge in [-0.1, -0.05) is 18.2 Å². The molecule has 3 aromatic rings. The lowest BCUT2D eigenvalue weighted by Crippen LogP contribution is -2.28. The molecule has 1 aromatic heterocycles. The molecule has 8 heteroatoms. The molecule has 0 unspecified atom stereocenters. The predicted octanol–water partition coefficient (Wildman–Crippen LogP) is 2.91. The zero-order valence-electron chi connectivity index (χ0n) is 14.9. The van der Waals surface area contributed by atoms with Gasteiger partial charge in [-0.3, -0.25) is 10.1 Å². The topological polar surface area (TPSA) is 95.2 Å². The standard InChI is InChI=1S/C19H20N4O3S/c1-13-8-9-14(27(25,26)23-10-4-5-11-23)12-15(13)18(24)22-19-20-16-6-2-3-7-17(16)21-19/h2-3,6-9,12H,4-5,10-11H2,1H3,(H2,20,21,22,24). The number of nitrogens with zero attached hydrogens (tertiary/aromatic N) is 2. The highest BCUT2D eigenvalue weighted by Crippen LogP contribution is 2.23.